The molecule has 0 amide bonds. The number of rotatable bonds is 6. The van der Waals surface area contributed by atoms with E-state index in [1.807, 2.05) is 36.4 Å². The van der Waals surface area contributed by atoms with Crippen LogP contribution in [-0.2, 0) is 0 Å². The molecule has 4 rings (SSSR count). The molecule has 1 aromatic heterocycles. The van der Waals surface area contributed by atoms with Crippen molar-refractivity contribution in [3.63, 3.8) is 0 Å². The Morgan fingerprint density at radius 1 is 1.03 bits per heavy atom. The lowest BCUT2D eigenvalue weighted by atomic mass is 9.87. The van der Waals surface area contributed by atoms with E-state index in [1.165, 1.54) is 25.3 Å². The van der Waals surface area contributed by atoms with Gasteiger partial charge < -0.3 is 10.7 Å². The van der Waals surface area contributed by atoms with Crippen molar-refractivity contribution < 1.29 is 4.39 Å². The van der Waals surface area contributed by atoms with Gasteiger partial charge in [-0.15, -0.1) is 0 Å². The molecular weight excluding hydrogens is 387 g/mol. The minimum Gasteiger partial charge on any atom is -0.397 e. The van der Waals surface area contributed by atoms with Crippen molar-refractivity contribution in [2.24, 2.45) is 17.5 Å². The molecule has 5 N–H and O–H groups in total. The molecule has 1 saturated carbocycles. The van der Waals surface area contributed by atoms with Crippen molar-refractivity contribution in [3.8, 4) is 11.1 Å². The molecule has 1 heterocycles. The lowest BCUT2D eigenvalue weighted by Gasteiger charge is -2.31. The second-order valence-electron chi connectivity index (χ2n) is 8.23. The zero-order valence-corrected chi connectivity index (χ0v) is 17.7. The molecule has 0 bridgehead atoms. The minimum atomic E-state index is -0.255. The standard InChI is InChI=1S/C26H29FN4/c1-17(28)25(31(29)18(2)19-9-4-3-5-10-19)16-21-15-20-11-8-13-23(26(20)30-21)22-12-6-7-14-24(22)27/h6-8,11-16,19,30H,1-5,9-10,28-29H2/b25-16+. The van der Waals surface area contributed by atoms with E-state index in [4.69, 9.17) is 11.6 Å². The predicted octanol–water partition coefficient (Wildman–Crippen LogP) is 6.06. The molecule has 0 saturated heterocycles. The molecule has 2 aromatic carbocycles. The minimum absolute atomic E-state index is 0.255. The van der Waals surface area contributed by atoms with E-state index in [1.54, 1.807) is 17.1 Å². The highest BCUT2D eigenvalue weighted by atomic mass is 19.1. The number of hydrogen-bond acceptors (Lipinski definition) is 3. The highest BCUT2D eigenvalue weighted by Crippen LogP contribution is 2.33. The van der Waals surface area contributed by atoms with Gasteiger partial charge in [0.25, 0.3) is 0 Å². The molecule has 3 aromatic rings. The van der Waals surface area contributed by atoms with Crippen molar-refractivity contribution in [1.82, 2.24) is 9.99 Å². The maximum atomic E-state index is 14.4. The number of benzene rings is 2. The molecule has 5 heteroatoms. The average molecular weight is 417 g/mol. The van der Waals surface area contributed by atoms with Crippen LogP contribution >= 0.6 is 0 Å². The Morgan fingerprint density at radius 2 is 1.74 bits per heavy atom. The van der Waals surface area contributed by atoms with Gasteiger partial charge >= 0.3 is 0 Å². The smallest absolute Gasteiger partial charge is 0.131 e. The zero-order chi connectivity index (χ0) is 22.0. The van der Waals surface area contributed by atoms with Crippen molar-refractivity contribution in [2.45, 2.75) is 32.1 Å². The van der Waals surface area contributed by atoms with Crippen LogP contribution in [0.3, 0.4) is 0 Å². The van der Waals surface area contributed by atoms with E-state index >= 15 is 0 Å². The van der Waals surface area contributed by atoms with Crippen LogP contribution in [0.4, 0.5) is 4.39 Å². The monoisotopic (exact) mass is 416 g/mol. The number of nitrogens with two attached hydrogens (primary N) is 2. The molecule has 0 spiro atoms. The second kappa shape index (κ2) is 8.82. The number of halogens is 1. The third-order valence-electron chi connectivity index (χ3n) is 6.11. The number of hydrogen-bond donors (Lipinski definition) is 3. The summed E-state index contributed by atoms with van der Waals surface area (Å²) in [4.78, 5) is 3.40. The first kappa shape index (κ1) is 20.9. The average Bonchev–Trinajstić information content (AvgIpc) is 3.20. The SMILES string of the molecule is C=C(N)/C(=C\c1cc2cccc(-c3ccccc3F)c2[nH]1)N(N)C(=C)C1CCCCC1. The van der Waals surface area contributed by atoms with Crippen LogP contribution in [-0.4, -0.2) is 9.99 Å². The van der Waals surface area contributed by atoms with Crippen molar-refractivity contribution >= 4 is 17.0 Å². The second-order valence-corrected chi connectivity index (χ2v) is 8.23. The van der Waals surface area contributed by atoms with Gasteiger partial charge in [0.15, 0.2) is 0 Å². The van der Waals surface area contributed by atoms with Crippen LogP contribution in [0.2, 0.25) is 0 Å². The summed E-state index contributed by atoms with van der Waals surface area (Å²) in [6, 6.07) is 14.6. The number of nitrogens with zero attached hydrogens (tertiary/aromatic N) is 1. The summed E-state index contributed by atoms with van der Waals surface area (Å²) in [5.74, 6) is 6.54. The molecule has 31 heavy (non-hydrogen) atoms. The van der Waals surface area contributed by atoms with E-state index in [-0.39, 0.29) is 5.82 Å². The van der Waals surface area contributed by atoms with Gasteiger partial charge in [-0.25, -0.2) is 10.2 Å². The number of aromatic nitrogens is 1. The number of fused-ring (bicyclic) bond motifs is 1. The first-order valence-electron chi connectivity index (χ1n) is 10.7. The fourth-order valence-corrected chi connectivity index (χ4v) is 4.41. The van der Waals surface area contributed by atoms with E-state index in [9.17, 15) is 4.39 Å². The summed E-state index contributed by atoms with van der Waals surface area (Å²) in [6.45, 7) is 8.16. The topological polar surface area (TPSA) is 71.1 Å². The number of aromatic amines is 1. The summed E-state index contributed by atoms with van der Waals surface area (Å²) >= 11 is 0. The van der Waals surface area contributed by atoms with Gasteiger partial charge in [-0.1, -0.05) is 68.8 Å². The van der Waals surface area contributed by atoms with Crippen LogP contribution in [0.5, 0.6) is 0 Å². The summed E-state index contributed by atoms with van der Waals surface area (Å²) in [5.41, 5.74) is 11.0. The largest absolute Gasteiger partial charge is 0.397 e. The molecular formula is C26H29FN4. The van der Waals surface area contributed by atoms with Gasteiger partial charge in [0.2, 0.25) is 0 Å². The number of allylic oxidation sites excluding steroid dienone is 1. The highest BCUT2D eigenvalue weighted by Gasteiger charge is 2.22. The lowest BCUT2D eigenvalue weighted by Crippen LogP contribution is -2.35. The summed E-state index contributed by atoms with van der Waals surface area (Å²) in [5, 5.41) is 2.55. The number of hydrazine groups is 1. The Balaban J connectivity index is 1.71. The fraction of sp³-hybridized carbons (Fsp3) is 0.231. The molecule has 160 valence electrons. The van der Waals surface area contributed by atoms with Crippen LogP contribution in [0.25, 0.3) is 28.1 Å². The van der Waals surface area contributed by atoms with Crippen molar-refractivity contribution in [1.29, 1.82) is 0 Å². The van der Waals surface area contributed by atoms with Crippen molar-refractivity contribution in [3.05, 3.63) is 90.3 Å². The number of nitrogens with one attached hydrogen (secondary N) is 1. The maximum Gasteiger partial charge on any atom is 0.131 e. The van der Waals surface area contributed by atoms with Gasteiger partial charge in [0.05, 0.1) is 11.2 Å². The number of para-hydroxylation sites is 1. The molecule has 0 atom stereocenters. The first-order valence-corrected chi connectivity index (χ1v) is 10.7. The molecule has 0 radical (unpaired) electrons. The quantitative estimate of drug-likeness (QED) is 0.260. The van der Waals surface area contributed by atoms with Gasteiger partial charge in [-0.3, -0.25) is 5.01 Å². The van der Waals surface area contributed by atoms with E-state index in [0.717, 1.165) is 40.7 Å². The Morgan fingerprint density at radius 3 is 2.45 bits per heavy atom. The predicted molar refractivity (Wildman–Crippen MR) is 127 cm³/mol. The van der Waals surface area contributed by atoms with Gasteiger partial charge in [-0.2, -0.15) is 0 Å². The molecule has 1 aliphatic rings. The third kappa shape index (κ3) is 4.28. The summed E-state index contributed by atoms with van der Waals surface area (Å²) < 4.78 is 14.4. The number of H-pyrrole nitrogens is 1. The van der Waals surface area contributed by atoms with Crippen LogP contribution in [0.1, 0.15) is 37.8 Å². The molecule has 0 aliphatic heterocycles. The molecule has 4 nitrogen and oxygen atoms in total. The summed E-state index contributed by atoms with van der Waals surface area (Å²) in [6.07, 6.45) is 7.72. The normalized spacial score (nSPS) is 15.2. The van der Waals surface area contributed by atoms with Gasteiger partial charge in [0.1, 0.15) is 5.82 Å². The Hall–Kier alpha value is -3.31. The molecule has 1 fully saturated rings. The van der Waals surface area contributed by atoms with Crippen LogP contribution < -0.4 is 11.6 Å². The molecule has 1 aliphatic carbocycles. The molecule has 0 unspecified atom stereocenters. The third-order valence-corrected chi connectivity index (χ3v) is 6.11. The fourth-order valence-electron chi connectivity index (χ4n) is 4.41. The Bertz CT molecular complexity index is 1150. The van der Waals surface area contributed by atoms with E-state index in [0.29, 0.717) is 22.9 Å². The lowest BCUT2D eigenvalue weighted by molar-refractivity contribution is 0.318. The first-order chi connectivity index (χ1) is 15.0. The summed E-state index contributed by atoms with van der Waals surface area (Å²) in [7, 11) is 0. The zero-order valence-electron chi connectivity index (χ0n) is 17.7. The van der Waals surface area contributed by atoms with Gasteiger partial charge in [-0.05, 0) is 31.1 Å². The highest BCUT2D eigenvalue weighted by molar-refractivity contribution is 5.95. The van der Waals surface area contributed by atoms with Crippen LogP contribution in [0.15, 0.2) is 78.8 Å². The van der Waals surface area contributed by atoms with Gasteiger partial charge in [0, 0.05) is 39.5 Å². The van der Waals surface area contributed by atoms with Crippen LogP contribution in [0, 0.1) is 11.7 Å². The van der Waals surface area contributed by atoms with E-state index in [2.05, 4.69) is 18.1 Å². The maximum absolute atomic E-state index is 14.4. The Labute approximate surface area is 182 Å². The van der Waals surface area contributed by atoms with E-state index < -0.39 is 0 Å². The van der Waals surface area contributed by atoms with Crippen molar-refractivity contribution in [2.75, 3.05) is 0 Å². The Kier molecular flexibility index (Phi) is 5.96.